The Bertz CT molecular complexity index is 586. The van der Waals surface area contributed by atoms with Gasteiger partial charge in [0.15, 0.2) is 0 Å². The number of amides is 1. The highest BCUT2D eigenvalue weighted by molar-refractivity contribution is 5.85. The van der Waals surface area contributed by atoms with E-state index in [4.69, 9.17) is 4.74 Å². The molecular formula is C14H19N3O4. The number of non-ortho nitro benzene ring substituents is 1. The number of hydrogen-bond acceptors (Lipinski definition) is 5. The molecule has 0 spiro atoms. The second kappa shape index (κ2) is 5.23. The van der Waals surface area contributed by atoms with E-state index in [9.17, 15) is 14.9 Å². The lowest BCUT2D eigenvalue weighted by molar-refractivity contribution is -0.384. The van der Waals surface area contributed by atoms with Crippen molar-refractivity contribution < 1.29 is 14.5 Å². The summed E-state index contributed by atoms with van der Waals surface area (Å²) in [6.07, 6.45) is 0. The highest BCUT2D eigenvalue weighted by Crippen LogP contribution is 2.40. The smallest absolute Gasteiger partial charge is 0.271 e. The molecule has 0 fully saturated rings. The van der Waals surface area contributed by atoms with Crippen LogP contribution in [0, 0.1) is 10.1 Å². The molecule has 21 heavy (non-hydrogen) atoms. The molecule has 1 aromatic carbocycles. The van der Waals surface area contributed by atoms with Crippen LogP contribution in [0.1, 0.15) is 20.8 Å². The van der Waals surface area contributed by atoms with Crippen molar-refractivity contribution >= 4 is 17.3 Å². The zero-order valence-electron chi connectivity index (χ0n) is 12.5. The Morgan fingerprint density at radius 3 is 2.76 bits per heavy atom. The molecule has 1 aliphatic rings. The number of hydrogen-bond donors (Lipinski definition) is 1. The lowest BCUT2D eigenvalue weighted by atomic mass is 10.0. The monoisotopic (exact) mass is 293 g/mol. The van der Waals surface area contributed by atoms with Crippen LogP contribution >= 0.6 is 0 Å². The van der Waals surface area contributed by atoms with E-state index in [1.165, 1.54) is 12.1 Å². The van der Waals surface area contributed by atoms with Crippen LogP contribution in [-0.2, 0) is 4.79 Å². The molecule has 0 aliphatic carbocycles. The maximum atomic E-state index is 11.9. The molecule has 0 bridgehead atoms. The number of carbonyl (C=O) groups excluding carboxylic acids is 1. The van der Waals surface area contributed by atoms with E-state index in [-0.39, 0.29) is 11.6 Å². The molecule has 0 aromatic heterocycles. The molecule has 1 aromatic rings. The first-order chi connectivity index (χ1) is 9.75. The lowest BCUT2D eigenvalue weighted by Gasteiger charge is -2.43. The second-order valence-corrected chi connectivity index (χ2v) is 5.69. The minimum absolute atomic E-state index is 0.0221. The van der Waals surface area contributed by atoms with Gasteiger partial charge in [0.1, 0.15) is 17.4 Å². The number of ether oxygens (including phenoxy) is 1. The fourth-order valence-corrected chi connectivity index (χ4v) is 2.45. The van der Waals surface area contributed by atoms with Gasteiger partial charge in [0.05, 0.1) is 17.2 Å². The number of anilines is 1. The van der Waals surface area contributed by atoms with Crippen LogP contribution in [0.25, 0.3) is 0 Å². The summed E-state index contributed by atoms with van der Waals surface area (Å²) in [5.41, 5.74) is 0.0663. The Balaban J connectivity index is 2.49. The van der Waals surface area contributed by atoms with Crippen molar-refractivity contribution in [3.05, 3.63) is 28.3 Å². The number of nitro benzene ring substituents is 1. The molecule has 1 atom stereocenters. The summed E-state index contributed by atoms with van der Waals surface area (Å²) in [6.45, 7) is 6.07. The molecule has 1 heterocycles. The van der Waals surface area contributed by atoms with Gasteiger partial charge >= 0.3 is 0 Å². The number of benzene rings is 1. The molecule has 1 amide bonds. The highest BCUT2D eigenvalue weighted by Gasteiger charge is 2.36. The van der Waals surface area contributed by atoms with Gasteiger partial charge in [-0.2, -0.15) is 0 Å². The van der Waals surface area contributed by atoms with Crippen molar-refractivity contribution in [3.8, 4) is 5.75 Å². The first-order valence-electron chi connectivity index (χ1n) is 6.71. The first kappa shape index (κ1) is 15.1. The van der Waals surface area contributed by atoms with E-state index in [0.29, 0.717) is 18.0 Å². The van der Waals surface area contributed by atoms with Gasteiger partial charge in [-0.15, -0.1) is 0 Å². The quantitative estimate of drug-likeness (QED) is 0.677. The van der Waals surface area contributed by atoms with Gasteiger partial charge in [-0.3, -0.25) is 14.9 Å². The van der Waals surface area contributed by atoms with Gasteiger partial charge in [-0.1, -0.05) is 0 Å². The van der Waals surface area contributed by atoms with Gasteiger partial charge in [-0.25, -0.2) is 0 Å². The van der Waals surface area contributed by atoms with Crippen LogP contribution in [0.2, 0.25) is 0 Å². The van der Waals surface area contributed by atoms with Crippen molar-refractivity contribution in [3.63, 3.8) is 0 Å². The van der Waals surface area contributed by atoms with Gasteiger partial charge in [-0.05, 0) is 26.8 Å². The Hall–Kier alpha value is -2.31. The molecule has 2 rings (SSSR count). The molecule has 0 saturated heterocycles. The largest absolute Gasteiger partial charge is 0.484 e. The Morgan fingerprint density at radius 1 is 1.52 bits per heavy atom. The molecule has 0 radical (unpaired) electrons. The molecule has 1 N–H and O–H groups in total. The minimum Gasteiger partial charge on any atom is -0.484 e. The summed E-state index contributed by atoms with van der Waals surface area (Å²) in [5, 5.41) is 13.5. The van der Waals surface area contributed by atoms with Crippen LogP contribution in [-0.4, -0.2) is 36.1 Å². The molecular weight excluding hydrogens is 274 g/mol. The van der Waals surface area contributed by atoms with Crippen LogP contribution in [0.3, 0.4) is 0 Å². The van der Waals surface area contributed by atoms with Crippen molar-refractivity contribution in [1.82, 2.24) is 5.32 Å². The molecule has 1 unspecified atom stereocenters. The average Bonchev–Trinajstić information content (AvgIpc) is 2.43. The van der Waals surface area contributed by atoms with Crippen LogP contribution in [0.5, 0.6) is 5.75 Å². The summed E-state index contributed by atoms with van der Waals surface area (Å²) in [4.78, 5) is 24.3. The van der Waals surface area contributed by atoms with Crippen molar-refractivity contribution in [2.24, 2.45) is 0 Å². The molecule has 7 nitrogen and oxygen atoms in total. The fraction of sp³-hybridized carbons (Fsp3) is 0.500. The minimum atomic E-state index is -0.481. The molecule has 114 valence electrons. The predicted molar refractivity (Wildman–Crippen MR) is 78.7 cm³/mol. The lowest BCUT2D eigenvalue weighted by Crippen LogP contribution is -2.54. The van der Waals surface area contributed by atoms with Gasteiger partial charge in [0.25, 0.3) is 5.69 Å². The van der Waals surface area contributed by atoms with Gasteiger partial charge in [0, 0.05) is 19.2 Å². The summed E-state index contributed by atoms with van der Waals surface area (Å²) in [7, 11) is 1.57. The molecule has 1 aliphatic heterocycles. The van der Waals surface area contributed by atoms with E-state index >= 15 is 0 Å². The standard InChI is InChI=1S/C14H19N3O4/c1-9(13(18)15-4)16-8-14(2,3)21-12-6-5-10(17(19)20)7-11(12)16/h5-7,9H,8H2,1-4H3,(H,15,18). The number of nitrogens with one attached hydrogen (secondary N) is 1. The highest BCUT2D eigenvalue weighted by atomic mass is 16.6. The summed E-state index contributed by atoms with van der Waals surface area (Å²) < 4.78 is 5.85. The van der Waals surface area contributed by atoms with Crippen LogP contribution < -0.4 is 15.0 Å². The van der Waals surface area contributed by atoms with E-state index in [1.807, 2.05) is 18.7 Å². The first-order valence-corrected chi connectivity index (χ1v) is 6.71. The van der Waals surface area contributed by atoms with Crippen molar-refractivity contribution in [1.29, 1.82) is 0 Å². The topological polar surface area (TPSA) is 84.7 Å². The van der Waals surface area contributed by atoms with Crippen molar-refractivity contribution in [2.45, 2.75) is 32.4 Å². The summed E-state index contributed by atoms with van der Waals surface area (Å²) >= 11 is 0. The molecule has 7 heteroatoms. The maximum absolute atomic E-state index is 11.9. The third kappa shape index (κ3) is 2.91. The van der Waals surface area contributed by atoms with E-state index < -0.39 is 16.6 Å². The van der Waals surface area contributed by atoms with Gasteiger partial charge in [0.2, 0.25) is 5.91 Å². The Labute approximate surface area is 123 Å². The summed E-state index contributed by atoms with van der Waals surface area (Å²) in [6, 6.07) is 3.99. The SMILES string of the molecule is CNC(=O)C(C)N1CC(C)(C)Oc2ccc([N+](=O)[O-])cc21. The average molecular weight is 293 g/mol. The third-order valence-corrected chi connectivity index (χ3v) is 3.49. The fourth-order valence-electron chi connectivity index (χ4n) is 2.45. The number of nitrogens with zero attached hydrogens (tertiary/aromatic N) is 2. The van der Waals surface area contributed by atoms with E-state index in [0.717, 1.165) is 0 Å². The Kier molecular flexibility index (Phi) is 3.76. The number of carbonyl (C=O) groups is 1. The number of rotatable bonds is 3. The zero-order valence-corrected chi connectivity index (χ0v) is 12.5. The number of likely N-dealkylation sites (N-methyl/N-ethyl adjacent to an activating group) is 1. The second-order valence-electron chi connectivity index (χ2n) is 5.69. The molecule has 0 saturated carbocycles. The van der Waals surface area contributed by atoms with E-state index in [1.54, 1.807) is 20.0 Å². The van der Waals surface area contributed by atoms with Crippen LogP contribution in [0.4, 0.5) is 11.4 Å². The predicted octanol–water partition coefficient (Wildman–Crippen LogP) is 1.71. The van der Waals surface area contributed by atoms with E-state index in [2.05, 4.69) is 5.32 Å². The maximum Gasteiger partial charge on any atom is 0.271 e. The van der Waals surface area contributed by atoms with Crippen LogP contribution in [0.15, 0.2) is 18.2 Å². The van der Waals surface area contributed by atoms with Crippen molar-refractivity contribution in [2.75, 3.05) is 18.5 Å². The zero-order chi connectivity index (χ0) is 15.8. The number of fused-ring (bicyclic) bond motifs is 1. The van der Waals surface area contributed by atoms with Gasteiger partial charge < -0.3 is 15.0 Å². The third-order valence-electron chi connectivity index (χ3n) is 3.49. The normalized spacial score (nSPS) is 17.4. The summed E-state index contributed by atoms with van der Waals surface area (Å²) in [5.74, 6) is 0.401. The number of nitro groups is 1. The Morgan fingerprint density at radius 2 is 2.19 bits per heavy atom.